The zero-order chi connectivity index (χ0) is 23.6. The van der Waals surface area contributed by atoms with E-state index in [9.17, 15) is 14.4 Å². The molecule has 0 saturated carbocycles. The number of ether oxygens (including phenoxy) is 2. The van der Waals surface area contributed by atoms with E-state index < -0.39 is 17.8 Å². The summed E-state index contributed by atoms with van der Waals surface area (Å²) in [6.45, 7) is 1.95. The third-order valence-corrected chi connectivity index (χ3v) is 4.65. The lowest BCUT2D eigenvalue weighted by atomic mass is 10.1. The number of hydrazone groups is 1. The number of carbonyl (C=O) groups is 3. The second-order valence-electron chi connectivity index (χ2n) is 6.82. The molecule has 0 aliphatic rings. The van der Waals surface area contributed by atoms with Crippen molar-refractivity contribution in [3.05, 3.63) is 89.5 Å². The van der Waals surface area contributed by atoms with Gasteiger partial charge in [-0.15, -0.1) is 0 Å². The Labute approximate surface area is 191 Å². The zero-order valence-corrected chi connectivity index (χ0v) is 18.2. The average Bonchev–Trinajstić information content (AvgIpc) is 2.85. The van der Waals surface area contributed by atoms with Crippen molar-refractivity contribution in [2.75, 3.05) is 12.4 Å². The van der Waals surface area contributed by atoms with Gasteiger partial charge in [-0.2, -0.15) is 5.10 Å². The van der Waals surface area contributed by atoms with Gasteiger partial charge in [-0.1, -0.05) is 43.3 Å². The van der Waals surface area contributed by atoms with Crippen molar-refractivity contribution in [1.82, 2.24) is 5.43 Å². The number of rotatable bonds is 7. The summed E-state index contributed by atoms with van der Waals surface area (Å²) in [5.74, 6) is -1.58. The molecule has 0 atom stereocenters. The summed E-state index contributed by atoms with van der Waals surface area (Å²) in [4.78, 5) is 36.8. The van der Waals surface area contributed by atoms with Gasteiger partial charge in [-0.25, -0.2) is 10.2 Å². The first-order chi connectivity index (χ1) is 16.0. The Morgan fingerprint density at radius 1 is 0.939 bits per heavy atom. The molecule has 0 heterocycles. The Hall–Kier alpha value is -4.46. The fourth-order valence-corrected chi connectivity index (χ4v) is 2.93. The number of benzene rings is 3. The molecule has 3 aromatic carbocycles. The third kappa shape index (κ3) is 6.27. The highest BCUT2D eigenvalue weighted by Crippen LogP contribution is 2.19. The van der Waals surface area contributed by atoms with Crippen LogP contribution in [0.15, 0.2) is 77.9 Å². The van der Waals surface area contributed by atoms with Crippen LogP contribution in [-0.2, 0) is 16.0 Å². The fourth-order valence-electron chi connectivity index (χ4n) is 2.93. The van der Waals surface area contributed by atoms with Gasteiger partial charge in [0.2, 0.25) is 0 Å². The quantitative estimate of drug-likeness (QED) is 0.190. The van der Waals surface area contributed by atoms with Gasteiger partial charge in [-0.05, 0) is 48.4 Å². The second-order valence-corrected chi connectivity index (χ2v) is 6.82. The standard InChI is InChI=1S/C25H23N3O5/c1-3-17-9-4-6-13-21(17)27-23(29)24(30)28-26-16-19-10-5-7-14-22(19)33-25(31)18-11-8-12-20(15-18)32-2/h4-16H,3H2,1-2H3,(H,27,29)(H,28,30)/b26-16+. The van der Waals surface area contributed by atoms with Crippen LogP contribution in [0.3, 0.4) is 0 Å². The van der Waals surface area contributed by atoms with E-state index in [0.717, 1.165) is 5.56 Å². The van der Waals surface area contributed by atoms with Crippen LogP contribution in [0.4, 0.5) is 5.69 Å². The summed E-state index contributed by atoms with van der Waals surface area (Å²) < 4.78 is 10.6. The van der Waals surface area contributed by atoms with Gasteiger partial charge >= 0.3 is 17.8 Å². The van der Waals surface area contributed by atoms with Gasteiger partial charge in [-0.3, -0.25) is 9.59 Å². The molecule has 0 aliphatic carbocycles. The number of esters is 1. The number of nitrogens with one attached hydrogen (secondary N) is 2. The van der Waals surface area contributed by atoms with E-state index in [1.165, 1.54) is 13.3 Å². The molecular weight excluding hydrogens is 422 g/mol. The van der Waals surface area contributed by atoms with Gasteiger partial charge in [0.1, 0.15) is 11.5 Å². The van der Waals surface area contributed by atoms with Crippen molar-refractivity contribution < 1.29 is 23.9 Å². The van der Waals surface area contributed by atoms with Crippen molar-refractivity contribution in [3.8, 4) is 11.5 Å². The lowest BCUT2D eigenvalue weighted by Crippen LogP contribution is -2.32. The van der Waals surface area contributed by atoms with E-state index in [0.29, 0.717) is 29.0 Å². The first-order valence-corrected chi connectivity index (χ1v) is 10.2. The Bertz CT molecular complexity index is 1190. The van der Waals surface area contributed by atoms with Crippen LogP contribution in [0.25, 0.3) is 0 Å². The van der Waals surface area contributed by atoms with Crippen molar-refractivity contribution in [2.45, 2.75) is 13.3 Å². The number of amides is 2. The molecule has 8 nitrogen and oxygen atoms in total. The normalized spacial score (nSPS) is 10.5. The summed E-state index contributed by atoms with van der Waals surface area (Å²) in [5, 5.41) is 6.39. The van der Waals surface area contributed by atoms with Crippen LogP contribution in [0.2, 0.25) is 0 Å². The van der Waals surface area contributed by atoms with Crippen LogP contribution >= 0.6 is 0 Å². The van der Waals surface area contributed by atoms with E-state index in [1.807, 2.05) is 19.1 Å². The van der Waals surface area contributed by atoms with Gasteiger partial charge in [0.05, 0.1) is 18.9 Å². The molecule has 0 saturated heterocycles. The third-order valence-electron chi connectivity index (χ3n) is 4.65. The molecular formula is C25H23N3O5. The lowest BCUT2D eigenvalue weighted by Gasteiger charge is -2.09. The summed E-state index contributed by atoms with van der Waals surface area (Å²) in [6, 6.07) is 20.5. The van der Waals surface area contributed by atoms with Crippen molar-refractivity contribution >= 4 is 29.7 Å². The highest BCUT2D eigenvalue weighted by atomic mass is 16.5. The van der Waals surface area contributed by atoms with Crippen LogP contribution in [0.5, 0.6) is 11.5 Å². The molecule has 0 spiro atoms. The van der Waals surface area contributed by atoms with Gasteiger partial charge < -0.3 is 14.8 Å². The second kappa shape index (κ2) is 11.2. The molecule has 2 N–H and O–H groups in total. The van der Waals surface area contributed by atoms with Crippen molar-refractivity contribution in [2.24, 2.45) is 5.10 Å². The van der Waals surface area contributed by atoms with Gasteiger partial charge in [0, 0.05) is 11.3 Å². The number of nitrogens with zero attached hydrogens (tertiary/aromatic N) is 1. The van der Waals surface area contributed by atoms with Gasteiger partial charge in [0.25, 0.3) is 0 Å². The molecule has 2 amide bonds. The predicted molar refractivity (Wildman–Crippen MR) is 125 cm³/mol. The minimum Gasteiger partial charge on any atom is -0.497 e. The van der Waals surface area contributed by atoms with Crippen LogP contribution in [0, 0.1) is 0 Å². The Balaban J connectivity index is 1.64. The monoisotopic (exact) mass is 445 g/mol. The highest BCUT2D eigenvalue weighted by molar-refractivity contribution is 6.39. The van der Waals surface area contributed by atoms with Gasteiger partial charge in [0.15, 0.2) is 0 Å². The summed E-state index contributed by atoms with van der Waals surface area (Å²) in [5.41, 5.74) is 4.41. The van der Waals surface area contributed by atoms with E-state index >= 15 is 0 Å². The molecule has 3 rings (SSSR count). The first kappa shape index (κ1) is 23.2. The minimum absolute atomic E-state index is 0.240. The smallest absolute Gasteiger partial charge is 0.343 e. The minimum atomic E-state index is -0.928. The number of carbonyl (C=O) groups excluding carboxylic acids is 3. The molecule has 0 aromatic heterocycles. The molecule has 3 aromatic rings. The summed E-state index contributed by atoms with van der Waals surface area (Å²) >= 11 is 0. The largest absolute Gasteiger partial charge is 0.497 e. The maximum atomic E-state index is 12.5. The topological polar surface area (TPSA) is 106 Å². The Morgan fingerprint density at radius 2 is 1.70 bits per heavy atom. The molecule has 8 heteroatoms. The maximum Gasteiger partial charge on any atom is 0.343 e. The Kier molecular flexibility index (Phi) is 7.91. The number of para-hydroxylation sites is 2. The average molecular weight is 445 g/mol. The fraction of sp³-hybridized carbons (Fsp3) is 0.120. The first-order valence-electron chi connectivity index (χ1n) is 10.2. The van der Waals surface area contributed by atoms with E-state index in [2.05, 4.69) is 15.8 Å². The van der Waals surface area contributed by atoms with E-state index in [-0.39, 0.29) is 5.75 Å². The van der Waals surface area contributed by atoms with E-state index in [4.69, 9.17) is 9.47 Å². The maximum absolute atomic E-state index is 12.5. The number of hydrogen-bond acceptors (Lipinski definition) is 6. The molecule has 0 aliphatic heterocycles. The predicted octanol–water partition coefficient (Wildman–Crippen LogP) is 3.57. The molecule has 0 fully saturated rings. The molecule has 0 radical (unpaired) electrons. The van der Waals surface area contributed by atoms with Crippen molar-refractivity contribution in [3.63, 3.8) is 0 Å². The Morgan fingerprint density at radius 3 is 2.48 bits per heavy atom. The van der Waals surface area contributed by atoms with Crippen LogP contribution < -0.4 is 20.2 Å². The molecule has 0 bridgehead atoms. The highest BCUT2D eigenvalue weighted by Gasteiger charge is 2.15. The molecule has 0 unspecified atom stereocenters. The van der Waals surface area contributed by atoms with E-state index in [1.54, 1.807) is 60.7 Å². The lowest BCUT2D eigenvalue weighted by molar-refractivity contribution is -0.136. The number of hydrogen-bond donors (Lipinski definition) is 2. The SMILES string of the molecule is CCc1ccccc1NC(=O)C(=O)N/N=C/c1ccccc1OC(=O)c1cccc(OC)c1. The van der Waals surface area contributed by atoms with Crippen molar-refractivity contribution in [1.29, 1.82) is 0 Å². The summed E-state index contributed by atoms with van der Waals surface area (Å²) in [6.07, 6.45) is 2.00. The molecule has 33 heavy (non-hydrogen) atoms. The number of methoxy groups -OCH3 is 1. The van der Waals surface area contributed by atoms with Crippen LogP contribution in [0.1, 0.15) is 28.4 Å². The summed E-state index contributed by atoms with van der Waals surface area (Å²) in [7, 11) is 1.51. The van der Waals surface area contributed by atoms with Crippen LogP contribution in [-0.4, -0.2) is 31.1 Å². The molecule has 168 valence electrons. The number of anilines is 1. The number of aryl methyl sites for hydroxylation is 1. The zero-order valence-electron chi connectivity index (χ0n) is 18.2.